The predicted molar refractivity (Wildman–Crippen MR) is 115 cm³/mol. The fourth-order valence-electron chi connectivity index (χ4n) is 4.03. The number of benzene rings is 1. The van der Waals surface area contributed by atoms with E-state index in [1.54, 1.807) is 4.90 Å². The zero-order valence-corrected chi connectivity index (χ0v) is 18.6. The first-order valence-corrected chi connectivity index (χ1v) is 10.9. The minimum absolute atomic E-state index is 0.0785. The standard InChI is InChI=1S/C23H35N3O4/c1-17-7-9-18(10-8-17)20(25-12-14-29-15-13-25)16-24-21(27)19-6-5-11-26(19)22(28)30-23(2,3)4/h7-10,19-20H,5-6,11-16H2,1-4H3,(H,24,27)/t19-,20?/m0/s1. The van der Waals surface area contributed by atoms with Crippen LogP contribution in [0.4, 0.5) is 4.79 Å². The number of hydrogen-bond acceptors (Lipinski definition) is 5. The Morgan fingerprint density at radius 2 is 1.83 bits per heavy atom. The largest absolute Gasteiger partial charge is 0.444 e. The van der Waals surface area contributed by atoms with Crippen LogP contribution in [0.3, 0.4) is 0 Å². The van der Waals surface area contributed by atoms with Gasteiger partial charge in [-0.2, -0.15) is 0 Å². The Morgan fingerprint density at radius 3 is 2.47 bits per heavy atom. The van der Waals surface area contributed by atoms with Gasteiger partial charge >= 0.3 is 6.09 Å². The van der Waals surface area contributed by atoms with E-state index >= 15 is 0 Å². The second-order valence-corrected chi connectivity index (χ2v) is 9.15. The normalized spacial score (nSPS) is 21.3. The van der Waals surface area contributed by atoms with E-state index < -0.39 is 17.7 Å². The van der Waals surface area contributed by atoms with E-state index in [0.717, 1.165) is 19.5 Å². The summed E-state index contributed by atoms with van der Waals surface area (Å²) < 4.78 is 11.0. The average Bonchev–Trinajstić information content (AvgIpc) is 3.19. The summed E-state index contributed by atoms with van der Waals surface area (Å²) in [5, 5.41) is 3.11. The summed E-state index contributed by atoms with van der Waals surface area (Å²) in [5.41, 5.74) is 1.81. The maximum absolute atomic E-state index is 13.0. The van der Waals surface area contributed by atoms with Crippen LogP contribution in [0.2, 0.25) is 0 Å². The van der Waals surface area contributed by atoms with E-state index in [1.165, 1.54) is 11.1 Å². The Bertz CT molecular complexity index is 723. The third kappa shape index (κ3) is 5.95. The topological polar surface area (TPSA) is 71.1 Å². The fourth-order valence-corrected chi connectivity index (χ4v) is 4.03. The van der Waals surface area contributed by atoms with Gasteiger partial charge in [0.25, 0.3) is 0 Å². The number of likely N-dealkylation sites (tertiary alicyclic amines) is 1. The van der Waals surface area contributed by atoms with Crippen molar-refractivity contribution in [3.8, 4) is 0 Å². The van der Waals surface area contributed by atoms with E-state index in [2.05, 4.69) is 41.4 Å². The molecule has 2 amide bonds. The average molecular weight is 418 g/mol. The summed E-state index contributed by atoms with van der Waals surface area (Å²) in [4.78, 5) is 29.4. The maximum atomic E-state index is 13.0. The van der Waals surface area contributed by atoms with E-state index in [4.69, 9.17) is 9.47 Å². The van der Waals surface area contributed by atoms with Crippen molar-refractivity contribution in [2.75, 3.05) is 39.4 Å². The quantitative estimate of drug-likeness (QED) is 0.798. The van der Waals surface area contributed by atoms with Gasteiger partial charge in [-0.25, -0.2) is 4.79 Å². The number of carbonyl (C=O) groups excluding carboxylic acids is 2. The van der Waals surface area contributed by atoms with Crippen molar-refractivity contribution in [1.29, 1.82) is 0 Å². The fraction of sp³-hybridized carbons (Fsp3) is 0.652. The lowest BCUT2D eigenvalue weighted by atomic mass is 10.0. The number of aryl methyl sites for hydroxylation is 1. The van der Waals surface area contributed by atoms with Crippen LogP contribution in [0.1, 0.15) is 50.8 Å². The molecule has 0 saturated carbocycles. The van der Waals surface area contributed by atoms with Crippen molar-refractivity contribution in [3.05, 3.63) is 35.4 Å². The van der Waals surface area contributed by atoms with Crippen LogP contribution in [-0.2, 0) is 14.3 Å². The molecule has 1 N–H and O–H groups in total. The van der Waals surface area contributed by atoms with Crippen molar-refractivity contribution < 1.29 is 19.1 Å². The second kappa shape index (κ2) is 9.79. The number of carbonyl (C=O) groups is 2. The van der Waals surface area contributed by atoms with Gasteiger partial charge in [-0.3, -0.25) is 14.6 Å². The van der Waals surface area contributed by atoms with Crippen LogP contribution in [0.5, 0.6) is 0 Å². The summed E-state index contributed by atoms with van der Waals surface area (Å²) in [6, 6.07) is 8.07. The molecule has 1 unspecified atom stereocenters. The molecule has 3 rings (SSSR count). The van der Waals surface area contributed by atoms with Crippen LogP contribution in [0, 0.1) is 6.92 Å². The van der Waals surface area contributed by atoms with E-state index in [0.29, 0.717) is 32.7 Å². The summed E-state index contributed by atoms with van der Waals surface area (Å²) in [6.45, 7) is 11.7. The Morgan fingerprint density at radius 1 is 1.17 bits per heavy atom. The van der Waals surface area contributed by atoms with Crippen LogP contribution >= 0.6 is 0 Å². The molecule has 1 aromatic carbocycles. The van der Waals surface area contributed by atoms with Crippen LogP contribution in [-0.4, -0.2) is 72.8 Å². The monoisotopic (exact) mass is 417 g/mol. The second-order valence-electron chi connectivity index (χ2n) is 9.15. The van der Waals surface area contributed by atoms with Crippen LogP contribution in [0.15, 0.2) is 24.3 Å². The molecule has 166 valence electrons. The molecule has 0 aromatic heterocycles. The Balaban J connectivity index is 1.66. The van der Waals surface area contributed by atoms with Gasteiger partial charge in [-0.05, 0) is 46.1 Å². The number of hydrogen-bond donors (Lipinski definition) is 1. The van der Waals surface area contributed by atoms with Gasteiger partial charge in [0.05, 0.1) is 19.3 Å². The first-order valence-electron chi connectivity index (χ1n) is 10.9. The van der Waals surface area contributed by atoms with Crippen molar-refractivity contribution in [2.45, 2.75) is 58.2 Å². The molecule has 30 heavy (non-hydrogen) atoms. The Labute approximate surface area is 179 Å². The van der Waals surface area contributed by atoms with Gasteiger partial charge < -0.3 is 14.8 Å². The molecule has 0 aliphatic carbocycles. The Hall–Kier alpha value is -2.12. The van der Waals surface area contributed by atoms with Gasteiger partial charge in [-0.1, -0.05) is 29.8 Å². The van der Waals surface area contributed by atoms with Crippen molar-refractivity contribution >= 4 is 12.0 Å². The lowest BCUT2D eigenvalue weighted by Gasteiger charge is -2.35. The summed E-state index contributed by atoms with van der Waals surface area (Å²) in [6.07, 6.45) is 1.06. The molecular weight excluding hydrogens is 382 g/mol. The molecule has 0 bridgehead atoms. The summed E-state index contributed by atoms with van der Waals surface area (Å²) >= 11 is 0. The highest BCUT2D eigenvalue weighted by atomic mass is 16.6. The first kappa shape index (κ1) is 22.6. The maximum Gasteiger partial charge on any atom is 0.410 e. The van der Waals surface area contributed by atoms with E-state index in [-0.39, 0.29) is 11.9 Å². The van der Waals surface area contributed by atoms with Crippen LogP contribution < -0.4 is 5.32 Å². The van der Waals surface area contributed by atoms with E-state index in [1.807, 2.05) is 20.8 Å². The van der Waals surface area contributed by atoms with Gasteiger partial charge in [0.2, 0.25) is 5.91 Å². The van der Waals surface area contributed by atoms with Crippen molar-refractivity contribution in [1.82, 2.24) is 15.1 Å². The molecule has 2 fully saturated rings. The number of ether oxygens (including phenoxy) is 2. The minimum Gasteiger partial charge on any atom is -0.444 e. The molecule has 7 heteroatoms. The third-order valence-electron chi connectivity index (χ3n) is 5.60. The molecule has 0 spiro atoms. The molecular formula is C23H35N3O4. The number of rotatable bonds is 5. The number of nitrogens with zero attached hydrogens (tertiary/aromatic N) is 2. The molecule has 2 atom stereocenters. The SMILES string of the molecule is Cc1ccc(C(CNC(=O)[C@@H]2CCCN2C(=O)OC(C)(C)C)N2CCOCC2)cc1. The minimum atomic E-state index is -0.576. The highest BCUT2D eigenvalue weighted by molar-refractivity contribution is 5.86. The summed E-state index contributed by atoms with van der Waals surface area (Å²) in [7, 11) is 0. The van der Waals surface area contributed by atoms with Crippen molar-refractivity contribution in [3.63, 3.8) is 0 Å². The summed E-state index contributed by atoms with van der Waals surface area (Å²) in [5.74, 6) is -0.108. The zero-order valence-electron chi connectivity index (χ0n) is 18.6. The Kier molecular flexibility index (Phi) is 7.36. The number of amides is 2. The zero-order chi connectivity index (χ0) is 21.7. The van der Waals surface area contributed by atoms with Crippen molar-refractivity contribution in [2.24, 2.45) is 0 Å². The molecule has 7 nitrogen and oxygen atoms in total. The predicted octanol–water partition coefficient (Wildman–Crippen LogP) is 2.88. The molecule has 2 heterocycles. The van der Waals surface area contributed by atoms with Gasteiger partial charge in [0.15, 0.2) is 0 Å². The highest BCUT2D eigenvalue weighted by Gasteiger charge is 2.37. The first-order chi connectivity index (χ1) is 14.2. The third-order valence-corrected chi connectivity index (χ3v) is 5.60. The molecule has 2 aliphatic heterocycles. The van der Waals surface area contributed by atoms with Gasteiger partial charge in [0, 0.05) is 26.2 Å². The number of morpholine rings is 1. The van der Waals surface area contributed by atoms with E-state index in [9.17, 15) is 9.59 Å². The van der Waals surface area contributed by atoms with Crippen LogP contribution in [0.25, 0.3) is 0 Å². The van der Waals surface area contributed by atoms with Gasteiger partial charge in [0.1, 0.15) is 11.6 Å². The highest BCUT2D eigenvalue weighted by Crippen LogP contribution is 2.24. The molecule has 1 aromatic rings. The molecule has 0 radical (unpaired) electrons. The van der Waals surface area contributed by atoms with Gasteiger partial charge in [-0.15, -0.1) is 0 Å². The smallest absolute Gasteiger partial charge is 0.410 e. The molecule has 2 aliphatic rings. The lowest BCUT2D eigenvalue weighted by Crippen LogP contribution is -2.50. The lowest BCUT2D eigenvalue weighted by molar-refractivity contribution is -0.125. The molecule has 2 saturated heterocycles. The number of nitrogens with one attached hydrogen (secondary N) is 1.